The quantitative estimate of drug-likeness (QED) is 0.756. The van der Waals surface area contributed by atoms with Crippen LogP contribution >= 0.6 is 0 Å². The Hall–Kier alpha value is -1.46. The molecule has 0 radical (unpaired) electrons. The Kier molecular flexibility index (Phi) is 5.70. The van der Waals surface area contributed by atoms with Gasteiger partial charge in [0.25, 0.3) is 0 Å². The summed E-state index contributed by atoms with van der Waals surface area (Å²) in [7, 11) is 3.45. The molecule has 1 aromatic carbocycles. The number of carbonyl (C=O) groups is 1. The van der Waals surface area contributed by atoms with Crippen LogP contribution in [0.15, 0.2) is 18.2 Å². The van der Waals surface area contributed by atoms with Gasteiger partial charge in [0.15, 0.2) is 5.78 Å². The van der Waals surface area contributed by atoms with E-state index in [0.717, 1.165) is 26.1 Å². The number of hydrogen-bond acceptors (Lipinski definition) is 4. The van der Waals surface area contributed by atoms with Crippen LogP contribution in [0.1, 0.15) is 29.6 Å². The minimum atomic E-state index is -0.520. The highest BCUT2D eigenvalue weighted by Crippen LogP contribution is 2.23. The third-order valence-corrected chi connectivity index (χ3v) is 3.98. The summed E-state index contributed by atoms with van der Waals surface area (Å²) in [5.41, 5.74) is 0.0559. The smallest absolute Gasteiger partial charge is 0.170 e. The van der Waals surface area contributed by atoms with Gasteiger partial charge >= 0.3 is 0 Å². The van der Waals surface area contributed by atoms with Crippen LogP contribution in [-0.4, -0.2) is 50.6 Å². The molecule has 1 aliphatic heterocycles. The number of rotatable bonds is 6. The molecule has 2 rings (SSSR count). The fourth-order valence-electron chi connectivity index (χ4n) is 2.66. The van der Waals surface area contributed by atoms with Crippen molar-refractivity contribution in [1.82, 2.24) is 4.90 Å². The van der Waals surface area contributed by atoms with E-state index in [2.05, 4.69) is 4.90 Å². The van der Waals surface area contributed by atoms with Gasteiger partial charge in [-0.2, -0.15) is 0 Å². The van der Waals surface area contributed by atoms with Gasteiger partial charge in [-0.3, -0.25) is 4.79 Å². The zero-order chi connectivity index (χ0) is 15.2. The third-order valence-electron chi connectivity index (χ3n) is 3.98. The van der Waals surface area contributed by atoms with E-state index in [0.29, 0.717) is 18.3 Å². The van der Waals surface area contributed by atoms with Crippen molar-refractivity contribution in [3.63, 3.8) is 0 Å². The summed E-state index contributed by atoms with van der Waals surface area (Å²) >= 11 is 0. The molecule has 0 spiro atoms. The highest BCUT2D eigenvalue weighted by atomic mass is 19.1. The van der Waals surface area contributed by atoms with Crippen molar-refractivity contribution in [2.24, 2.45) is 0 Å². The average Bonchev–Trinajstić information content (AvgIpc) is 2.52. The monoisotopic (exact) mass is 295 g/mol. The first-order valence-corrected chi connectivity index (χ1v) is 7.27. The van der Waals surface area contributed by atoms with Crippen molar-refractivity contribution in [3.8, 4) is 5.75 Å². The van der Waals surface area contributed by atoms with Gasteiger partial charge in [0.2, 0.25) is 0 Å². The molecule has 0 aromatic heterocycles. The molecule has 0 amide bonds. The molecule has 0 atom stereocenters. The predicted octanol–water partition coefficient (Wildman–Crippen LogP) is 2.52. The van der Waals surface area contributed by atoms with Gasteiger partial charge in [0.1, 0.15) is 11.6 Å². The lowest BCUT2D eigenvalue weighted by molar-refractivity contribution is 0.0425. The van der Waals surface area contributed by atoms with Crippen LogP contribution in [0.5, 0.6) is 5.75 Å². The molecule has 1 fully saturated rings. The Morgan fingerprint density at radius 1 is 1.43 bits per heavy atom. The van der Waals surface area contributed by atoms with Gasteiger partial charge in [-0.05, 0) is 32.0 Å². The van der Waals surface area contributed by atoms with Crippen molar-refractivity contribution in [2.75, 3.05) is 33.9 Å². The summed E-state index contributed by atoms with van der Waals surface area (Å²) in [6, 6.07) is 4.88. The maximum Gasteiger partial charge on any atom is 0.170 e. The third kappa shape index (κ3) is 4.02. The van der Waals surface area contributed by atoms with Crippen LogP contribution in [-0.2, 0) is 4.74 Å². The van der Waals surface area contributed by atoms with Gasteiger partial charge < -0.3 is 14.4 Å². The molecule has 5 heteroatoms. The second kappa shape index (κ2) is 7.52. The molecule has 4 nitrogen and oxygen atoms in total. The van der Waals surface area contributed by atoms with E-state index in [1.165, 1.54) is 13.2 Å². The number of Topliss-reactive ketones (excluding diaryl/α,β-unsaturated/α-hetero) is 1. The van der Waals surface area contributed by atoms with Crippen LogP contribution in [0.2, 0.25) is 0 Å². The number of nitrogens with zero attached hydrogens (tertiary/aromatic N) is 1. The highest BCUT2D eigenvalue weighted by Gasteiger charge is 2.21. The largest absolute Gasteiger partial charge is 0.496 e. The molecular formula is C16H22FNO3. The first-order valence-electron chi connectivity index (χ1n) is 7.27. The average molecular weight is 295 g/mol. The molecule has 0 aliphatic carbocycles. The number of ketones is 1. The van der Waals surface area contributed by atoms with Crippen LogP contribution in [0.4, 0.5) is 4.39 Å². The lowest BCUT2D eigenvalue weighted by Crippen LogP contribution is -2.37. The molecule has 1 aliphatic rings. The molecule has 21 heavy (non-hydrogen) atoms. The van der Waals surface area contributed by atoms with E-state index in [4.69, 9.17) is 9.47 Å². The van der Waals surface area contributed by atoms with Crippen molar-refractivity contribution >= 4 is 5.78 Å². The lowest BCUT2D eigenvalue weighted by atomic mass is 10.0. The molecule has 1 heterocycles. The van der Waals surface area contributed by atoms with Gasteiger partial charge in [0, 0.05) is 32.2 Å². The van der Waals surface area contributed by atoms with Gasteiger partial charge in [0.05, 0.1) is 12.7 Å². The topological polar surface area (TPSA) is 38.8 Å². The van der Waals surface area contributed by atoms with E-state index < -0.39 is 5.82 Å². The molecule has 1 saturated heterocycles. The van der Waals surface area contributed by atoms with E-state index in [-0.39, 0.29) is 17.8 Å². The predicted molar refractivity (Wildman–Crippen MR) is 78.4 cm³/mol. The van der Waals surface area contributed by atoms with Crippen LogP contribution < -0.4 is 4.74 Å². The summed E-state index contributed by atoms with van der Waals surface area (Å²) in [4.78, 5) is 14.4. The summed E-state index contributed by atoms with van der Waals surface area (Å²) in [6.45, 7) is 2.15. The summed E-state index contributed by atoms with van der Waals surface area (Å²) in [6.07, 6.45) is 2.24. The Morgan fingerprint density at radius 3 is 2.81 bits per heavy atom. The van der Waals surface area contributed by atoms with Crippen molar-refractivity contribution in [2.45, 2.75) is 25.3 Å². The Labute approximate surface area is 124 Å². The Bertz CT molecular complexity index is 486. The van der Waals surface area contributed by atoms with Gasteiger partial charge in [-0.1, -0.05) is 6.07 Å². The fraction of sp³-hybridized carbons (Fsp3) is 0.562. The van der Waals surface area contributed by atoms with Gasteiger partial charge in [-0.25, -0.2) is 4.39 Å². The number of benzene rings is 1. The second-order valence-electron chi connectivity index (χ2n) is 5.31. The SMILES string of the molecule is COc1cccc(F)c1C(=O)CCN(C)C1CCOCC1. The maximum atomic E-state index is 13.8. The van der Waals surface area contributed by atoms with Crippen molar-refractivity contribution in [1.29, 1.82) is 0 Å². The molecule has 0 unspecified atom stereocenters. The fourth-order valence-corrected chi connectivity index (χ4v) is 2.66. The summed E-state index contributed by atoms with van der Waals surface area (Å²) in [5.74, 6) is -0.439. The van der Waals surface area contributed by atoms with E-state index in [1.807, 2.05) is 7.05 Å². The minimum absolute atomic E-state index is 0.0559. The molecule has 116 valence electrons. The standard InChI is InChI=1S/C16H22FNO3/c1-18(12-7-10-21-11-8-12)9-6-14(19)16-13(17)4-3-5-15(16)20-2/h3-5,12H,6-11H2,1-2H3. The summed E-state index contributed by atoms with van der Waals surface area (Å²) < 4.78 is 24.2. The number of halogens is 1. The maximum absolute atomic E-state index is 13.8. The Balaban J connectivity index is 1.95. The van der Waals surface area contributed by atoms with Crippen molar-refractivity contribution < 1.29 is 18.7 Å². The van der Waals surface area contributed by atoms with Gasteiger partial charge in [-0.15, -0.1) is 0 Å². The zero-order valence-corrected chi connectivity index (χ0v) is 12.6. The van der Waals surface area contributed by atoms with Crippen LogP contribution in [0.25, 0.3) is 0 Å². The molecular weight excluding hydrogens is 273 g/mol. The lowest BCUT2D eigenvalue weighted by Gasteiger charge is -2.31. The van der Waals surface area contributed by atoms with E-state index in [1.54, 1.807) is 12.1 Å². The highest BCUT2D eigenvalue weighted by molar-refractivity contribution is 5.99. The first kappa shape index (κ1) is 15.9. The normalized spacial score (nSPS) is 16.2. The minimum Gasteiger partial charge on any atom is -0.496 e. The molecule has 1 aromatic rings. The van der Waals surface area contributed by atoms with E-state index >= 15 is 0 Å². The van der Waals surface area contributed by atoms with Crippen molar-refractivity contribution in [3.05, 3.63) is 29.6 Å². The first-order chi connectivity index (χ1) is 10.1. The molecule has 0 saturated carbocycles. The van der Waals surface area contributed by atoms with Crippen LogP contribution in [0, 0.1) is 5.82 Å². The Morgan fingerprint density at radius 2 is 2.14 bits per heavy atom. The second-order valence-corrected chi connectivity index (χ2v) is 5.31. The number of methoxy groups -OCH3 is 1. The van der Waals surface area contributed by atoms with Crippen LogP contribution in [0.3, 0.4) is 0 Å². The van der Waals surface area contributed by atoms with E-state index in [9.17, 15) is 9.18 Å². The number of ether oxygens (including phenoxy) is 2. The zero-order valence-electron chi connectivity index (χ0n) is 12.6. The number of carbonyl (C=O) groups excluding carboxylic acids is 1. The molecule has 0 N–H and O–H groups in total. The summed E-state index contributed by atoms with van der Waals surface area (Å²) in [5, 5.41) is 0. The molecule has 0 bridgehead atoms. The number of hydrogen-bond donors (Lipinski definition) is 0.